The van der Waals surface area contributed by atoms with Gasteiger partial charge in [-0.1, -0.05) is 18.2 Å². The van der Waals surface area contributed by atoms with Gasteiger partial charge in [-0.2, -0.15) is 0 Å². The van der Waals surface area contributed by atoms with Crippen LogP contribution in [0, 0.1) is 13.8 Å². The van der Waals surface area contributed by atoms with E-state index in [1.54, 1.807) is 0 Å². The molecular formula is C46H58N12. The summed E-state index contributed by atoms with van der Waals surface area (Å²) in [6.45, 7) is 12.0. The van der Waals surface area contributed by atoms with Crippen LogP contribution in [0.15, 0.2) is 79.4 Å². The molecule has 0 aromatic carbocycles. The maximum atomic E-state index is 5.55. The van der Waals surface area contributed by atoms with Crippen molar-refractivity contribution in [3.8, 4) is 0 Å². The van der Waals surface area contributed by atoms with E-state index in [1.807, 2.05) is 24.5 Å². The van der Waals surface area contributed by atoms with Crippen LogP contribution in [0.4, 0.5) is 17.3 Å². The van der Waals surface area contributed by atoms with Crippen LogP contribution >= 0.6 is 0 Å². The van der Waals surface area contributed by atoms with Crippen molar-refractivity contribution in [3.05, 3.63) is 113 Å². The van der Waals surface area contributed by atoms with Gasteiger partial charge in [-0.05, 0) is 114 Å². The van der Waals surface area contributed by atoms with E-state index < -0.39 is 0 Å². The predicted molar refractivity (Wildman–Crippen MR) is 232 cm³/mol. The van der Waals surface area contributed by atoms with Crippen molar-refractivity contribution in [3.63, 3.8) is 0 Å². The second-order valence-electron chi connectivity index (χ2n) is 17.1. The molecule has 1 N–H and O–H groups in total. The zero-order chi connectivity index (χ0) is 39.3. The van der Waals surface area contributed by atoms with Gasteiger partial charge in [0.05, 0.1) is 52.6 Å². The smallest absolute Gasteiger partial charge is 0.162 e. The summed E-state index contributed by atoms with van der Waals surface area (Å²) >= 11 is 0. The summed E-state index contributed by atoms with van der Waals surface area (Å²) in [5.74, 6) is 2.45. The highest BCUT2D eigenvalue weighted by Crippen LogP contribution is 2.43. The standard InChI is InChI=1S/C46H58N12/c1-32-10-8-20-48-44(32)38-14-5-12-36(52(38)3)34-30-57-41(50-34)16-7-17-42(57)56-28-26-54(27-29-56)40-18-19-43(55-24-22-47-23-25-55)58-31-35(51-46(40)58)37-13-6-15-39(53(37)4)45-33(2)11-9-21-49-45/h7-11,16-21,30-31,36-39,47H,5-6,12-15,22-29H2,1-4H3/t36-,37-,38+,39+/m1/s1. The quantitative estimate of drug-likeness (QED) is 0.184. The molecule has 0 saturated carbocycles. The number of rotatable bonds is 7. The highest BCUT2D eigenvalue weighted by atomic mass is 15.3. The highest BCUT2D eigenvalue weighted by molar-refractivity contribution is 5.74. The first-order valence-corrected chi connectivity index (χ1v) is 21.7. The minimum atomic E-state index is 0.236. The van der Waals surface area contributed by atoms with Gasteiger partial charge in [0.2, 0.25) is 0 Å². The Labute approximate surface area is 342 Å². The van der Waals surface area contributed by atoms with Crippen molar-refractivity contribution in [2.45, 2.75) is 76.5 Å². The van der Waals surface area contributed by atoms with E-state index in [0.29, 0.717) is 6.04 Å². The molecule has 302 valence electrons. The molecule has 10 heterocycles. The fraction of sp³-hybridized carbons (Fsp3) is 0.478. The number of piperidine rings is 2. The van der Waals surface area contributed by atoms with Gasteiger partial charge in [0.15, 0.2) is 5.65 Å². The SMILES string of the molecule is Cc1cccnc1[C@@H]1CCC[C@H](c2cn3c(N4CCN(c5ccc(N6CCNCC6)n6cc([C@H]7CCC[C@@H](c8ncccc8C)N7C)nc56)CC4)cccc3n2)N1C. The number of nitrogens with one attached hydrogen (secondary N) is 1. The van der Waals surface area contributed by atoms with Crippen molar-refractivity contribution < 1.29 is 0 Å². The van der Waals surface area contributed by atoms with Crippen LogP contribution < -0.4 is 20.0 Å². The molecule has 0 radical (unpaired) electrons. The lowest BCUT2D eigenvalue weighted by atomic mass is 9.91. The lowest BCUT2D eigenvalue weighted by Gasteiger charge is -2.39. The Morgan fingerprint density at radius 2 is 1.10 bits per heavy atom. The minimum absolute atomic E-state index is 0.236. The molecule has 10 rings (SSSR count). The molecule has 58 heavy (non-hydrogen) atoms. The van der Waals surface area contributed by atoms with E-state index in [2.05, 4.69) is 121 Å². The molecule has 0 spiro atoms. The third-order valence-electron chi connectivity index (χ3n) is 13.8. The molecule has 0 amide bonds. The monoisotopic (exact) mass is 778 g/mol. The Balaban J connectivity index is 0.913. The second kappa shape index (κ2) is 15.6. The van der Waals surface area contributed by atoms with E-state index in [9.17, 15) is 0 Å². The van der Waals surface area contributed by atoms with Crippen LogP contribution in [0.1, 0.15) is 96.6 Å². The Hall–Kier alpha value is -5.04. The summed E-state index contributed by atoms with van der Waals surface area (Å²) in [7, 11) is 4.54. The van der Waals surface area contributed by atoms with E-state index >= 15 is 0 Å². The molecule has 4 aliphatic heterocycles. The molecule has 12 nitrogen and oxygen atoms in total. The average molecular weight is 779 g/mol. The number of fused-ring (bicyclic) bond motifs is 2. The van der Waals surface area contributed by atoms with Crippen LogP contribution in [0.25, 0.3) is 11.3 Å². The molecule has 6 aromatic heterocycles. The Morgan fingerprint density at radius 3 is 1.74 bits per heavy atom. The molecular weight excluding hydrogens is 721 g/mol. The summed E-state index contributed by atoms with van der Waals surface area (Å²) in [6.07, 6.45) is 15.3. The third-order valence-corrected chi connectivity index (χ3v) is 13.8. The van der Waals surface area contributed by atoms with Gasteiger partial charge in [-0.3, -0.25) is 28.6 Å². The number of hydrogen-bond acceptors (Lipinski definition) is 10. The van der Waals surface area contributed by atoms with Gasteiger partial charge in [0.25, 0.3) is 0 Å². The molecule has 4 aliphatic rings. The van der Waals surface area contributed by atoms with Gasteiger partial charge >= 0.3 is 0 Å². The first-order chi connectivity index (χ1) is 28.4. The number of hydrogen-bond donors (Lipinski definition) is 1. The number of piperazine rings is 2. The Bertz CT molecular complexity index is 2390. The number of aryl methyl sites for hydroxylation is 2. The van der Waals surface area contributed by atoms with Gasteiger partial charge < -0.3 is 20.0 Å². The van der Waals surface area contributed by atoms with Crippen molar-refractivity contribution >= 4 is 28.6 Å². The van der Waals surface area contributed by atoms with Gasteiger partial charge in [0.1, 0.15) is 17.3 Å². The average Bonchev–Trinajstić information content (AvgIpc) is 3.90. The van der Waals surface area contributed by atoms with Crippen molar-refractivity contribution in [2.75, 3.05) is 81.2 Å². The summed E-state index contributed by atoms with van der Waals surface area (Å²) in [5.41, 5.74) is 10.6. The summed E-state index contributed by atoms with van der Waals surface area (Å²) in [4.78, 5) is 33.2. The molecule has 0 unspecified atom stereocenters. The van der Waals surface area contributed by atoms with Crippen molar-refractivity contribution in [1.29, 1.82) is 0 Å². The van der Waals surface area contributed by atoms with Crippen LogP contribution in [-0.4, -0.2) is 105 Å². The van der Waals surface area contributed by atoms with Gasteiger partial charge in [0, 0.05) is 77.1 Å². The molecule has 4 fully saturated rings. The normalized spacial score (nSPS) is 24.0. The number of imidazole rings is 2. The van der Waals surface area contributed by atoms with E-state index in [0.717, 1.165) is 107 Å². The Kier molecular flexibility index (Phi) is 10.0. The Morgan fingerprint density at radius 1 is 0.552 bits per heavy atom. The highest BCUT2D eigenvalue weighted by Gasteiger charge is 2.35. The number of pyridine rings is 4. The topological polar surface area (TPSA) is 88.6 Å². The van der Waals surface area contributed by atoms with Gasteiger partial charge in [-0.15, -0.1) is 0 Å². The third kappa shape index (κ3) is 6.68. The number of aromatic nitrogens is 6. The van der Waals surface area contributed by atoms with Crippen LogP contribution in [-0.2, 0) is 0 Å². The van der Waals surface area contributed by atoms with Crippen molar-refractivity contribution in [1.82, 2.24) is 43.9 Å². The molecule has 4 saturated heterocycles. The number of anilines is 3. The number of nitrogens with zero attached hydrogens (tertiary/aromatic N) is 11. The lowest BCUT2D eigenvalue weighted by molar-refractivity contribution is 0.109. The molecule has 0 aliphatic carbocycles. The summed E-state index contributed by atoms with van der Waals surface area (Å²) in [5, 5.41) is 3.54. The molecule has 6 aromatic rings. The van der Waals surface area contributed by atoms with Crippen LogP contribution in [0.3, 0.4) is 0 Å². The van der Waals surface area contributed by atoms with Crippen molar-refractivity contribution in [2.24, 2.45) is 0 Å². The predicted octanol–water partition coefficient (Wildman–Crippen LogP) is 6.92. The maximum absolute atomic E-state index is 5.55. The van der Waals surface area contributed by atoms with E-state index in [1.165, 1.54) is 46.3 Å². The fourth-order valence-corrected chi connectivity index (χ4v) is 10.6. The zero-order valence-electron chi connectivity index (χ0n) is 34.6. The van der Waals surface area contributed by atoms with E-state index in [-0.39, 0.29) is 18.1 Å². The first-order valence-electron chi connectivity index (χ1n) is 21.7. The fourth-order valence-electron chi connectivity index (χ4n) is 10.6. The zero-order valence-corrected chi connectivity index (χ0v) is 34.6. The lowest BCUT2D eigenvalue weighted by Crippen LogP contribution is -2.47. The second-order valence-corrected chi connectivity index (χ2v) is 17.1. The van der Waals surface area contributed by atoms with Gasteiger partial charge in [-0.25, -0.2) is 9.97 Å². The summed E-state index contributed by atoms with van der Waals surface area (Å²) in [6, 6.07) is 20.8. The summed E-state index contributed by atoms with van der Waals surface area (Å²) < 4.78 is 4.73. The number of likely N-dealkylation sites (tertiary alicyclic amines) is 2. The van der Waals surface area contributed by atoms with Crippen LogP contribution in [0.2, 0.25) is 0 Å². The van der Waals surface area contributed by atoms with Crippen LogP contribution in [0.5, 0.6) is 0 Å². The first kappa shape index (κ1) is 37.2. The molecule has 12 heteroatoms. The molecule has 4 atom stereocenters. The largest absolute Gasteiger partial charge is 0.365 e. The van der Waals surface area contributed by atoms with E-state index in [4.69, 9.17) is 19.9 Å². The molecule has 0 bridgehead atoms. The maximum Gasteiger partial charge on any atom is 0.162 e. The minimum Gasteiger partial charge on any atom is -0.365 e.